The van der Waals surface area contributed by atoms with E-state index in [0.29, 0.717) is 18.7 Å². The minimum atomic E-state index is -0.495. The summed E-state index contributed by atoms with van der Waals surface area (Å²) < 4.78 is 0. The highest BCUT2D eigenvalue weighted by Gasteiger charge is 2.20. The Kier molecular flexibility index (Phi) is 6.89. The number of hydrogen-bond acceptors (Lipinski definition) is 6. The lowest BCUT2D eigenvalue weighted by Crippen LogP contribution is -2.42. The van der Waals surface area contributed by atoms with Crippen molar-refractivity contribution in [1.82, 2.24) is 15.3 Å². The third-order valence-electron chi connectivity index (χ3n) is 5.10. The van der Waals surface area contributed by atoms with E-state index in [1.807, 2.05) is 60.8 Å². The number of aromatic hydroxyl groups is 1. The zero-order valence-electron chi connectivity index (χ0n) is 17.7. The Bertz CT molecular complexity index is 1180. The summed E-state index contributed by atoms with van der Waals surface area (Å²) in [6.07, 6.45) is 2.26. The fraction of sp³-hybridized carbons (Fsp3) is 0.160. The van der Waals surface area contributed by atoms with E-state index in [2.05, 4.69) is 20.6 Å². The number of pyridine rings is 1. The molecule has 1 amide bonds. The maximum absolute atomic E-state index is 13.2. The van der Waals surface area contributed by atoms with Crippen LogP contribution >= 0.6 is 11.3 Å². The smallest absolute Gasteiger partial charge is 0.241 e. The van der Waals surface area contributed by atoms with E-state index in [4.69, 9.17) is 0 Å². The molecule has 4 aromatic rings. The third-order valence-corrected chi connectivity index (χ3v) is 5.73. The number of nitrogens with one attached hydrogen (secondary N) is 2. The Morgan fingerprint density at radius 3 is 2.62 bits per heavy atom. The minimum Gasteiger partial charge on any atom is -0.506 e. The molecular weight excluding hydrogens is 420 g/mol. The lowest BCUT2D eigenvalue weighted by molar-refractivity contribution is -0.118. The molecule has 7 heteroatoms. The fourth-order valence-corrected chi connectivity index (χ4v) is 3.98. The van der Waals surface area contributed by atoms with Crippen LogP contribution in [-0.2, 0) is 17.8 Å². The molecule has 2 heterocycles. The summed E-state index contributed by atoms with van der Waals surface area (Å²) in [5, 5.41) is 18.5. The quantitative estimate of drug-likeness (QED) is 0.347. The van der Waals surface area contributed by atoms with Crippen molar-refractivity contribution in [1.29, 1.82) is 0 Å². The largest absolute Gasteiger partial charge is 0.506 e. The second-order valence-electron chi connectivity index (χ2n) is 7.51. The van der Waals surface area contributed by atoms with Crippen LogP contribution in [0.4, 0.5) is 5.69 Å². The van der Waals surface area contributed by atoms with E-state index >= 15 is 0 Å². The molecule has 1 atom stereocenters. The van der Waals surface area contributed by atoms with Crippen LogP contribution in [0.3, 0.4) is 0 Å². The van der Waals surface area contributed by atoms with Gasteiger partial charge < -0.3 is 10.4 Å². The first-order valence-electron chi connectivity index (χ1n) is 10.3. The molecule has 0 aliphatic heterocycles. The molecule has 2 aromatic heterocycles. The Labute approximate surface area is 191 Å². The van der Waals surface area contributed by atoms with Crippen LogP contribution in [0, 0.1) is 6.92 Å². The van der Waals surface area contributed by atoms with Gasteiger partial charge in [0.1, 0.15) is 5.75 Å². The highest BCUT2D eigenvalue weighted by Crippen LogP contribution is 2.30. The van der Waals surface area contributed by atoms with Gasteiger partial charge in [-0.25, -0.2) is 4.98 Å². The number of aryl methyl sites for hydroxylation is 1. The summed E-state index contributed by atoms with van der Waals surface area (Å²) in [5.41, 5.74) is 6.83. The van der Waals surface area contributed by atoms with E-state index in [9.17, 15) is 9.90 Å². The Balaban J connectivity index is 1.54. The van der Waals surface area contributed by atoms with Gasteiger partial charge in [0.2, 0.25) is 5.91 Å². The van der Waals surface area contributed by atoms with Crippen LogP contribution in [0.15, 0.2) is 77.8 Å². The maximum Gasteiger partial charge on any atom is 0.241 e. The molecule has 4 rings (SSSR count). The van der Waals surface area contributed by atoms with Crippen molar-refractivity contribution in [3.63, 3.8) is 0 Å². The number of phenolic OH excluding ortho intramolecular Hbond substituents is 1. The second-order valence-corrected chi connectivity index (χ2v) is 8.23. The third kappa shape index (κ3) is 5.57. The molecule has 2 aromatic carbocycles. The molecule has 0 saturated heterocycles. The molecule has 0 aliphatic carbocycles. The molecule has 6 nitrogen and oxygen atoms in total. The summed E-state index contributed by atoms with van der Waals surface area (Å²) in [7, 11) is 0. The zero-order chi connectivity index (χ0) is 22.3. The number of amides is 1. The van der Waals surface area contributed by atoms with Gasteiger partial charge in [0.15, 0.2) is 0 Å². The number of thiazole rings is 1. The van der Waals surface area contributed by atoms with Crippen LogP contribution in [-0.4, -0.2) is 27.0 Å². The lowest BCUT2D eigenvalue weighted by atomic mass is 10.0. The normalized spacial score (nSPS) is 11.8. The Hall–Kier alpha value is -3.55. The van der Waals surface area contributed by atoms with Crippen LogP contribution in [0.2, 0.25) is 0 Å². The number of carbonyl (C=O) groups excluding carboxylic acids is 1. The molecule has 0 unspecified atom stereocenters. The molecule has 0 bridgehead atoms. The number of nitrogens with zero attached hydrogens (tertiary/aromatic N) is 2. The first-order valence-corrected chi connectivity index (χ1v) is 11.2. The van der Waals surface area contributed by atoms with Crippen molar-refractivity contribution in [3.05, 3.63) is 94.7 Å². The number of phenols is 1. The van der Waals surface area contributed by atoms with Crippen molar-refractivity contribution in [2.45, 2.75) is 25.9 Å². The molecular formula is C25H24N4O2S. The molecule has 0 spiro atoms. The van der Waals surface area contributed by atoms with Crippen molar-refractivity contribution < 1.29 is 9.90 Å². The molecule has 0 radical (unpaired) electrons. The number of rotatable bonds is 8. The van der Waals surface area contributed by atoms with Crippen LogP contribution in [0.5, 0.6) is 5.75 Å². The molecule has 0 saturated carbocycles. The van der Waals surface area contributed by atoms with Gasteiger partial charge in [0.05, 0.1) is 22.9 Å². The van der Waals surface area contributed by atoms with Gasteiger partial charge in [-0.15, -0.1) is 11.3 Å². The Morgan fingerprint density at radius 1 is 1.06 bits per heavy atom. The SMILES string of the molecule is Cc1cc(-c2ccc(O)c(NC(=O)[C@H](Cc3ccccc3)NCc3cscn3)c2)ccn1. The number of hydrogen-bond donors (Lipinski definition) is 3. The molecule has 0 fully saturated rings. The fourth-order valence-electron chi connectivity index (χ4n) is 3.42. The van der Waals surface area contributed by atoms with E-state index in [-0.39, 0.29) is 11.7 Å². The number of anilines is 1. The molecule has 0 aliphatic rings. The van der Waals surface area contributed by atoms with Gasteiger partial charge in [0.25, 0.3) is 0 Å². The highest BCUT2D eigenvalue weighted by molar-refractivity contribution is 7.07. The van der Waals surface area contributed by atoms with Crippen LogP contribution in [0.1, 0.15) is 17.0 Å². The highest BCUT2D eigenvalue weighted by atomic mass is 32.1. The first-order chi connectivity index (χ1) is 15.6. The monoisotopic (exact) mass is 444 g/mol. The molecule has 32 heavy (non-hydrogen) atoms. The van der Waals surface area contributed by atoms with Gasteiger partial charge in [-0.2, -0.15) is 0 Å². The number of carbonyl (C=O) groups is 1. The van der Waals surface area contributed by atoms with E-state index in [1.54, 1.807) is 23.8 Å². The molecule has 162 valence electrons. The van der Waals surface area contributed by atoms with Crippen LogP contribution in [0.25, 0.3) is 11.1 Å². The van der Waals surface area contributed by atoms with Crippen molar-refractivity contribution in [2.24, 2.45) is 0 Å². The number of aromatic nitrogens is 2. The van der Waals surface area contributed by atoms with E-state index < -0.39 is 6.04 Å². The van der Waals surface area contributed by atoms with Gasteiger partial charge in [-0.05, 0) is 54.3 Å². The van der Waals surface area contributed by atoms with Gasteiger partial charge in [-0.1, -0.05) is 36.4 Å². The summed E-state index contributed by atoms with van der Waals surface area (Å²) in [6.45, 7) is 2.41. The van der Waals surface area contributed by atoms with Gasteiger partial charge in [-0.3, -0.25) is 15.1 Å². The van der Waals surface area contributed by atoms with Gasteiger partial charge in [0, 0.05) is 23.8 Å². The Morgan fingerprint density at radius 2 is 1.88 bits per heavy atom. The van der Waals surface area contributed by atoms with Crippen molar-refractivity contribution >= 4 is 22.9 Å². The first kappa shape index (κ1) is 21.7. The zero-order valence-corrected chi connectivity index (χ0v) is 18.5. The average molecular weight is 445 g/mol. The van der Waals surface area contributed by atoms with Gasteiger partial charge >= 0.3 is 0 Å². The maximum atomic E-state index is 13.2. The van der Waals surface area contributed by atoms with E-state index in [0.717, 1.165) is 28.1 Å². The van der Waals surface area contributed by atoms with Crippen molar-refractivity contribution in [3.8, 4) is 16.9 Å². The van der Waals surface area contributed by atoms with E-state index in [1.165, 1.54) is 11.3 Å². The van der Waals surface area contributed by atoms with Crippen LogP contribution < -0.4 is 10.6 Å². The van der Waals surface area contributed by atoms with Crippen molar-refractivity contribution in [2.75, 3.05) is 5.32 Å². The lowest BCUT2D eigenvalue weighted by Gasteiger charge is -2.19. The summed E-state index contributed by atoms with van der Waals surface area (Å²) in [6, 6.07) is 18.4. The second kappa shape index (κ2) is 10.2. The minimum absolute atomic E-state index is 0.0193. The topological polar surface area (TPSA) is 87.1 Å². The molecule has 3 N–H and O–H groups in total. The number of benzene rings is 2. The summed E-state index contributed by atoms with van der Waals surface area (Å²) in [4.78, 5) is 21.7. The average Bonchev–Trinajstić information content (AvgIpc) is 3.32. The standard InChI is InChI=1S/C25H24N4O2S/c1-17-11-20(9-10-26-17)19-7-8-24(30)22(13-19)29-25(31)23(12-18-5-3-2-4-6-18)27-14-21-15-32-16-28-21/h2-11,13,15-16,23,27,30H,12,14H2,1H3,(H,29,31)/t23-/m0/s1. The predicted molar refractivity (Wildman–Crippen MR) is 128 cm³/mol. The predicted octanol–water partition coefficient (Wildman–Crippen LogP) is 4.56. The summed E-state index contributed by atoms with van der Waals surface area (Å²) in [5.74, 6) is -0.201. The summed E-state index contributed by atoms with van der Waals surface area (Å²) >= 11 is 1.52.